The predicted molar refractivity (Wildman–Crippen MR) is 190 cm³/mol. The van der Waals surface area contributed by atoms with E-state index in [1.54, 1.807) is 34.6 Å². The lowest BCUT2D eigenvalue weighted by Gasteiger charge is -2.42. The molecule has 266 valence electrons. The number of ether oxygens (including phenoxy) is 2. The van der Waals surface area contributed by atoms with Crippen molar-refractivity contribution in [3.05, 3.63) is 102 Å². The number of amides is 3. The van der Waals surface area contributed by atoms with E-state index in [9.17, 15) is 24.6 Å². The summed E-state index contributed by atoms with van der Waals surface area (Å²) in [7, 11) is 3.84. The summed E-state index contributed by atoms with van der Waals surface area (Å²) in [4.78, 5) is 43.2. The Hall–Kier alpha value is -4.61. The molecule has 0 aromatic heterocycles. The number of nitrogens with one attached hydrogen (secondary N) is 1. The first-order valence-corrected chi connectivity index (χ1v) is 16.5. The van der Waals surface area contributed by atoms with E-state index in [0.29, 0.717) is 5.56 Å². The van der Waals surface area contributed by atoms with Crippen LogP contribution in [0.2, 0.25) is 0 Å². The number of carbonyl (C=O) groups excluding carboxylic acids is 3. The third kappa shape index (κ3) is 11.8. The second kappa shape index (κ2) is 17.7. The summed E-state index contributed by atoms with van der Waals surface area (Å²) >= 11 is 0. The fraction of sp³-hybridized carbons (Fsp3) is 0.447. The fourth-order valence-electron chi connectivity index (χ4n) is 5.64. The number of anilines is 1. The lowest BCUT2D eigenvalue weighted by atomic mass is 9.88. The first-order chi connectivity index (χ1) is 23.1. The zero-order valence-corrected chi connectivity index (χ0v) is 29.6. The van der Waals surface area contributed by atoms with Gasteiger partial charge in [-0.15, -0.1) is 0 Å². The van der Waals surface area contributed by atoms with Crippen LogP contribution in [-0.2, 0) is 33.7 Å². The first-order valence-electron chi connectivity index (χ1n) is 16.5. The molecule has 49 heavy (non-hydrogen) atoms. The standard InChI is InChI=1S/C38H52N4O7/c1-25(2)32(35(39)45)42(37(47)48-24-28-18-20-29(21-19-28)41(6)7)31(23-27-16-12-9-13-17-27)34(44)33(43)30(22-26-14-10-8-11-15-26)40-36(46)49-38(3,4)5/h8-21,25,30-34,43-44H,22-24H2,1-7H3,(H2,39,45)(H,40,46)/t30-,31+,32-,33+,34-/m0/s1. The number of primary amides is 1. The lowest BCUT2D eigenvalue weighted by Crippen LogP contribution is -2.63. The number of aliphatic hydroxyl groups is 2. The molecule has 0 aliphatic carbocycles. The maximum absolute atomic E-state index is 14.1. The van der Waals surface area contributed by atoms with E-state index in [2.05, 4.69) is 5.32 Å². The van der Waals surface area contributed by atoms with Gasteiger partial charge in [0.2, 0.25) is 5.91 Å². The maximum atomic E-state index is 14.1. The van der Waals surface area contributed by atoms with Crippen molar-refractivity contribution >= 4 is 23.8 Å². The molecule has 3 rings (SSSR count). The highest BCUT2D eigenvalue weighted by molar-refractivity contribution is 5.85. The molecule has 11 heteroatoms. The highest BCUT2D eigenvalue weighted by Crippen LogP contribution is 2.25. The predicted octanol–water partition coefficient (Wildman–Crippen LogP) is 4.67. The number of nitrogens with zero attached hydrogens (tertiary/aromatic N) is 2. The van der Waals surface area contributed by atoms with E-state index in [0.717, 1.165) is 21.7 Å². The third-order valence-corrected chi connectivity index (χ3v) is 8.05. The molecular weight excluding hydrogens is 624 g/mol. The van der Waals surface area contributed by atoms with Gasteiger partial charge < -0.3 is 35.6 Å². The first kappa shape index (κ1) is 38.8. The normalized spacial score (nSPS) is 14.6. The Morgan fingerprint density at radius 2 is 1.33 bits per heavy atom. The second-order valence-corrected chi connectivity index (χ2v) is 13.8. The molecule has 0 saturated heterocycles. The van der Waals surface area contributed by atoms with Crippen LogP contribution in [0.1, 0.15) is 51.3 Å². The van der Waals surface area contributed by atoms with Crippen LogP contribution < -0.4 is 16.0 Å². The summed E-state index contributed by atoms with van der Waals surface area (Å²) in [5.74, 6) is -1.28. The van der Waals surface area contributed by atoms with Gasteiger partial charge in [0, 0.05) is 19.8 Å². The van der Waals surface area contributed by atoms with Crippen molar-refractivity contribution in [3.8, 4) is 0 Å². The Morgan fingerprint density at radius 1 is 0.796 bits per heavy atom. The van der Waals surface area contributed by atoms with E-state index in [1.165, 1.54) is 0 Å². The van der Waals surface area contributed by atoms with Crippen LogP contribution in [0.25, 0.3) is 0 Å². The topological polar surface area (TPSA) is 155 Å². The Bertz CT molecular complexity index is 1480. The molecule has 0 aliphatic heterocycles. The van der Waals surface area contributed by atoms with Crippen molar-refractivity contribution in [2.45, 2.75) is 90.0 Å². The van der Waals surface area contributed by atoms with Gasteiger partial charge in [0.1, 0.15) is 30.5 Å². The smallest absolute Gasteiger partial charge is 0.411 e. The number of hydrogen-bond donors (Lipinski definition) is 4. The number of carbonyl (C=O) groups is 3. The molecule has 0 bridgehead atoms. The van der Waals surface area contributed by atoms with E-state index >= 15 is 0 Å². The van der Waals surface area contributed by atoms with Crippen LogP contribution >= 0.6 is 0 Å². The zero-order valence-electron chi connectivity index (χ0n) is 29.6. The minimum Gasteiger partial charge on any atom is -0.445 e. The highest BCUT2D eigenvalue weighted by Gasteiger charge is 2.44. The Labute approximate surface area is 290 Å². The highest BCUT2D eigenvalue weighted by atomic mass is 16.6. The second-order valence-electron chi connectivity index (χ2n) is 13.8. The van der Waals surface area contributed by atoms with Gasteiger partial charge in [0.05, 0.1) is 12.1 Å². The van der Waals surface area contributed by atoms with Crippen molar-refractivity contribution in [2.75, 3.05) is 19.0 Å². The molecule has 0 radical (unpaired) electrons. The molecular formula is C38H52N4O7. The molecule has 0 aliphatic rings. The van der Waals surface area contributed by atoms with Crippen LogP contribution in [0.5, 0.6) is 0 Å². The summed E-state index contributed by atoms with van der Waals surface area (Å²) in [5.41, 5.74) is 8.28. The number of nitrogens with two attached hydrogens (primary N) is 1. The summed E-state index contributed by atoms with van der Waals surface area (Å²) in [6, 6.07) is 22.2. The van der Waals surface area contributed by atoms with Crippen LogP contribution in [0.3, 0.4) is 0 Å². The largest absolute Gasteiger partial charge is 0.445 e. The third-order valence-electron chi connectivity index (χ3n) is 8.05. The summed E-state index contributed by atoms with van der Waals surface area (Å²) in [6.07, 6.45) is -4.82. The monoisotopic (exact) mass is 676 g/mol. The minimum absolute atomic E-state index is 0.0344. The molecule has 0 unspecified atom stereocenters. The van der Waals surface area contributed by atoms with Crippen molar-refractivity contribution in [1.82, 2.24) is 10.2 Å². The van der Waals surface area contributed by atoms with Gasteiger partial charge >= 0.3 is 12.2 Å². The van der Waals surface area contributed by atoms with Crippen LogP contribution in [0.15, 0.2) is 84.9 Å². The Morgan fingerprint density at radius 3 is 1.80 bits per heavy atom. The molecule has 5 atom stereocenters. The molecule has 3 aromatic carbocycles. The van der Waals surface area contributed by atoms with Gasteiger partial charge in [0.15, 0.2) is 0 Å². The van der Waals surface area contributed by atoms with E-state index in [1.807, 2.05) is 104 Å². The average molecular weight is 677 g/mol. The number of rotatable bonds is 15. The molecule has 0 saturated carbocycles. The van der Waals surface area contributed by atoms with Crippen molar-refractivity contribution in [2.24, 2.45) is 11.7 Å². The summed E-state index contributed by atoms with van der Waals surface area (Å²) < 4.78 is 11.3. The molecule has 0 fully saturated rings. The van der Waals surface area contributed by atoms with Gasteiger partial charge in [0.25, 0.3) is 0 Å². The molecule has 0 spiro atoms. The molecule has 11 nitrogen and oxygen atoms in total. The summed E-state index contributed by atoms with van der Waals surface area (Å²) in [5, 5.41) is 26.7. The number of benzene rings is 3. The van der Waals surface area contributed by atoms with Crippen LogP contribution in [0, 0.1) is 5.92 Å². The number of hydrogen-bond acceptors (Lipinski definition) is 8. The van der Waals surface area contributed by atoms with Gasteiger partial charge in [-0.05, 0) is 68.4 Å². The average Bonchev–Trinajstić information content (AvgIpc) is 3.04. The van der Waals surface area contributed by atoms with E-state index in [4.69, 9.17) is 15.2 Å². The fourth-order valence-corrected chi connectivity index (χ4v) is 5.64. The van der Waals surface area contributed by atoms with E-state index < -0.39 is 59.9 Å². The number of aliphatic hydroxyl groups excluding tert-OH is 2. The molecule has 5 N–H and O–H groups in total. The van der Waals surface area contributed by atoms with Gasteiger partial charge in [-0.25, -0.2) is 9.59 Å². The summed E-state index contributed by atoms with van der Waals surface area (Å²) in [6.45, 7) is 8.52. The lowest BCUT2D eigenvalue weighted by molar-refractivity contribution is -0.128. The van der Waals surface area contributed by atoms with Crippen LogP contribution in [-0.4, -0.2) is 83.2 Å². The number of alkyl carbamates (subject to hydrolysis) is 1. The zero-order chi connectivity index (χ0) is 36.3. The molecule has 3 amide bonds. The minimum atomic E-state index is -1.68. The van der Waals surface area contributed by atoms with E-state index in [-0.39, 0.29) is 19.4 Å². The molecule has 3 aromatic rings. The maximum Gasteiger partial charge on any atom is 0.411 e. The molecule has 0 heterocycles. The van der Waals surface area contributed by atoms with Crippen molar-refractivity contribution in [1.29, 1.82) is 0 Å². The quantitative estimate of drug-likeness (QED) is 0.181. The van der Waals surface area contributed by atoms with Crippen molar-refractivity contribution in [3.63, 3.8) is 0 Å². The Balaban J connectivity index is 2.05. The van der Waals surface area contributed by atoms with Crippen LogP contribution in [0.4, 0.5) is 15.3 Å². The van der Waals surface area contributed by atoms with Gasteiger partial charge in [-0.1, -0.05) is 86.6 Å². The SMILES string of the molecule is CC(C)[C@@H](C(N)=O)N(C(=O)OCc1ccc(N(C)C)cc1)[C@H](Cc1ccccc1)[C@H](O)[C@H](O)[C@H](Cc1ccccc1)NC(=O)OC(C)(C)C. The van der Waals surface area contributed by atoms with Gasteiger partial charge in [-0.2, -0.15) is 0 Å². The van der Waals surface area contributed by atoms with Crippen molar-refractivity contribution < 1.29 is 34.1 Å². The van der Waals surface area contributed by atoms with Gasteiger partial charge in [-0.3, -0.25) is 9.69 Å². The Kier molecular flexibility index (Phi) is 14.0.